The van der Waals surface area contributed by atoms with E-state index in [0.29, 0.717) is 0 Å². The van der Waals surface area contributed by atoms with Crippen LogP contribution in [0.4, 0.5) is 0 Å². The molecule has 4 nitrogen and oxygen atoms in total. The molecule has 0 saturated heterocycles. The van der Waals surface area contributed by atoms with Crippen LogP contribution in [0.1, 0.15) is 17.2 Å². The van der Waals surface area contributed by atoms with Gasteiger partial charge in [-0.05, 0) is 31.2 Å². The number of para-hydroxylation sites is 1. The quantitative estimate of drug-likeness (QED) is 0.860. The van der Waals surface area contributed by atoms with Gasteiger partial charge in [0.25, 0.3) is 0 Å². The molecule has 22 heavy (non-hydrogen) atoms. The van der Waals surface area contributed by atoms with Crippen LogP contribution in [-0.4, -0.2) is 19.0 Å². The maximum Gasteiger partial charge on any atom is 0.238 e. The maximum atomic E-state index is 11.7. The fourth-order valence-electron chi connectivity index (χ4n) is 2.24. The second-order valence-electron chi connectivity index (χ2n) is 4.88. The number of primary amides is 1. The number of rotatable bonds is 6. The zero-order valence-corrected chi connectivity index (χ0v) is 13.5. The average molecular weight is 321 g/mol. The van der Waals surface area contributed by atoms with Crippen LogP contribution >= 0.6 is 12.4 Å². The monoisotopic (exact) mass is 320 g/mol. The Kier molecular flexibility index (Phi) is 6.89. The molecule has 0 bridgehead atoms. The number of carbonyl (C=O) groups excluding carboxylic acids is 1. The van der Waals surface area contributed by atoms with Crippen LogP contribution in [0.2, 0.25) is 0 Å². The molecule has 0 radical (unpaired) electrons. The standard InChI is InChI=1S/C17H20N2O2.ClH/c1-12-8-6-7-11-14(12)21-16(15(19-2)17(18)20)13-9-4-3-5-10-13;/h3-11,15-16,19H,1-2H3,(H2,18,20);1H. The topological polar surface area (TPSA) is 64.3 Å². The number of likely N-dealkylation sites (N-methyl/N-ethyl adjacent to an activating group) is 1. The molecule has 0 heterocycles. The highest BCUT2D eigenvalue weighted by molar-refractivity contribution is 5.85. The number of halogens is 1. The molecule has 2 atom stereocenters. The first kappa shape index (κ1) is 18.0. The lowest BCUT2D eigenvalue weighted by molar-refractivity contribution is -0.122. The summed E-state index contributed by atoms with van der Waals surface area (Å²) in [6.45, 7) is 1.97. The Morgan fingerprint density at radius 3 is 2.23 bits per heavy atom. The first-order valence-corrected chi connectivity index (χ1v) is 6.87. The van der Waals surface area contributed by atoms with Gasteiger partial charge in [-0.3, -0.25) is 4.79 Å². The molecule has 0 aliphatic carbocycles. The Morgan fingerprint density at radius 2 is 1.68 bits per heavy atom. The van der Waals surface area contributed by atoms with Gasteiger partial charge in [0.15, 0.2) is 0 Å². The van der Waals surface area contributed by atoms with E-state index in [-0.39, 0.29) is 12.4 Å². The van der Waals surface area contributed by atoms with E-state index in [1.807, 2.05) is 61.5 Å². The summed E-state index contributed by atoms with van der Waals surface area (Å²) in [5, 5.41) is 2.94. The van der Waals surface area contributed by atoms with Crippen LogP contribution in [0.15, 0.2) is 54.6 Å². The van der Waals surface area contributed by atoms with Gasteiger partial charge in [-0.25, -0.2) is 0 Å². The van der Waals surface area contributed by atoms with Crippen molar-refractivity contribution < 1.29 is 9.53 Å². The lowest BCUT2D eigenvalue weighted by Crippen LogP contribution is -2.45. The van der Waals surface area contributed by atoms with Crippen molar-refractivity contribution in [1.29, 1.82) is 0 Å². The zero-order valence-electron chi connectivity index (χ0n) is 12.7. The number of nitrogens with two attached hydrogens (primary N) is 1. The van der Waals surface area contributed by atoms with Crippen molar-refractivity contribution >= 4 is 18.3 Å². The summed E-state index contributed by atoms with van der Waals surface area (Å²) in [7, 11) is 1.70. The molecule has 3 N–H and O–H groups in total. The van der Waals surface area contributed by atoms with Gasteiger partial charge in [-0.2, -0.15) is 0 Å². The first-order valence-electron chi connectivity index (χ1n) is 6.87. The number of amides is 1. The van der Waals surface area contributed by atoms with Crippen LogP contribution in [-0.2, 0) is 4.79 Å². The van der Waals surface area contributed by atoms with Crippen molar-refractivity contribution in [3.8, 4) is 5.75 Å². The second-order valence-corrected chi connectivity index (χ2v) is 4.88. The predicted octanol–water partition coefficient (Wildman–Crippen LogP) is 2.61. The average Bonchev–Trinajstić information content (AvgIpc) is 2.49. The Bertz CT molecular complexity index is 605. The second kappa shape index (κ2) is 8.41. The highest BCUT2D eigenvalue weighted by atomic mass is 35.5. The van der Waals surface area contributed by atoms with E-state index >= 15 is 0 Å². The number of aryl methyl sites for hydroxylation is 1. The zero-order chi connectivity index (χ0) is 15.2. The number of nitrogens with one attached hydrogen (secondary N) is 1. The summed E-state index contributed by atoms with van der Waals surface area (Å²) in [5.41, 5.74) is 7.41. The largest absolute Gasteiger partial charge is 0.483 e. The number of carbonyl (C=O) groups is 1. The lowest BCUT2D eigenvalue weighted by atomic mass is 10.0. The number of ether oxygens (including phenoxy) is 1. The van der Waals surface area contributed by atoms with Crippen LogP contribution in [0, 0.1) is 6.92 Å². The number of hydrogen-bond donors (Lipinski definition) is 2. The summed E-state index contributed by atoms with van der Waals surface area (Å²) >= 11 is 0. The third-order valence-corrected chi connectivity index (χ3v) is 3.40. The van der Waals surface area contributed by atoms with Gasteiger partial charge < -0.3 is 15.8 Å². The van der Waals surface area contributed by atoms with Gasteiger partial charge >= 0.3 is 0 Å². The van der Waals surface area contributed by atoms with Gasteiger partial charge in [-0.1, -0.05) is 48.5 Å². The van der Waals surface area contributed by atoms with Crippen LogP contribution < -0.4 is 15.8 Å². The third-order valence-electron chi connectivity index (χ3n) is 3.40. The molecule has 0 aliphatic heterocycles. The molecule has 118 valence electrons. The normalized spacial score (nSPS) is 12.8. The van der Waals surface area contributed by atoms with E-state index < -0.39 is 18.1 Å². The molecule has 0 spiro atoms. The fourth-order valence-corrected chi connectivity index (χ4v) is 2.24. The molecule has 2 aromatic carbocycles. The van der Waals surface area contributed by atoms with Crippen molar-refractivity contribution in [2.45, 2.75) is 19.1 Å². The summed E-state index contributed by atoms with van der Waals surface area (Å²) in [6, 6.07) is 16.7. The molecule has 2 unspecified atom stereocenters. The number of benzene rings is 2. The van der Waals surface area contributed by atoms with Crippen LogP contribution in [0.3, 0.4) is 0 Å². The summed E-state index contributed by atoms with van der Waals surface area (Å²) in [6.07, 6.45) is -0.477. The molecule has 2 aromatic rings. The summed E-state index contributed by atoms with van der Waals surface area (Å²) in [4.78, 5) is 11.7. The van der Waals surface area contributed by atoms with E-state index in [1.165, 1.54) is 0 Å². The minimum atomic E-state index is -0.605. The van der Waals surface area contributed by atoms with Gasteiger partial charge in [0.05, 0.1) is 0 Å². The van der Waals surface area contributed by atoms with Crippen molar-refractivity contribution in [2.24, 2.45) is 5.73 Å². The smallest absolute Gasteiger partial charge is 0.238 e. The van der Waals surface area contributed by atoms with E-state index in [9.17, 15) is 4.79 Å². The molecular weight excluding hydrogens is 300 g/mol. The third kappa shape index (κ3) is 4.23. The van der Waals surface area contributed by atoms with E-state index in [0.717, 1.165) is 16.9 Å². The lowest BCUT2D eigenvalue weighted by Gasteiger charge is -2.26. The van der Waals surface area contributed by atoms with Crippen LogP contribution in [0.25, 0.3) is 0 Å². The molecule has 1 amide bonds. The Labute approximate surface area is 137 Å². The maximum absolute atomic E-state index is 11.7. The van der Waals surface area contributed by atoms with Crippen molar-refractivity contribution in [3.63, 3.8) is 0 Å². The molecule has 0 aliphatic rings. The Morgan fingerprint density at radius 1 is 1.09 bits per heavy atom. The van der Waals surface area contributed by atoms with Crippen molar-refractivity contribution in [1.82, 2.24) is 5.32 Å². The Hall–Kier alpha value is -2.04. The molecule has 2 rings (SSSR count). The van der Waals surface area contributed by atoms with E-state index in [2.05, 4.69) is 5.32 Å². The van der Waals surface area contributed by atoms with Crippen molar-refractivity contribution in [2.75, 3.05) is 7.05 Å². The molecule has 0 aromatic heterocycles. The van der Waals surface area contributed by atoms with Crippen molar-refractivity contribution in [3.05, 3.63) is 65.7 Å². The SMILES string of the molecule is CNC(C(N)=O)C(Oc1ccccc1C)c1ccccc1.Cl. The first-order chi connectivity index (χ1) is 10.1. The predicted molar refractivity (Wildman–Crippen MR) is 90.3 cm³/mol. The fraction of sp³-hybridized carbons (Fsp3) is 0.235. The van der Waals surface area contributed by atoms with Gasteiger partial charge in [0.1, 0.15) is 17.9 Å². The van der Waals surface area contributed by atoms with Crippen LogP contribution in [0.5, 0.6) is 5.75 Å². The van der Waals surface area contributed by atoms with E-state index in [1.54, 1.807) is 7.05 Å². The number of hydrogen-bond acceptors (Lipinski definition) is 3. The molecular formula is C17H21ClN2O2. The minimum absolute atomic E-state index is 0. The Balaban J connectivity index is 0.00000242. The van der Waals surface area contributed by atoms with Gasteiger partial charge in [0, 0.05) is 0 Å². The molecule has 0 fully saturated rings. The molecule has 5 heteroatoms. The highest BCUT2D eigenvalue weighted by Crippen LogP contribution is 2.27. The van der Waals surface area contributed by atoms with Gasteiger partial charge in [0.2, 0.25) is 5.91 Å². The highest BCUT2D eigenvalue weighted by Gasteiger charge is 2.28. The van der Waals surface area contributed by atoms with Gasteiger partial charge in [-0.15, -0.1) is 12.4 Å². The summed E-state index contributed by atoms with van der Waals surface area (Å²) in [5.74, 6) is 0.299. The molecule has 0 saturated carbocycles. The summed E-state index contributed by atoms with van der Waals surface area (Å²) < 4.78 is 6.08. The minimum Gasteiger partial charge on any atom is -0.483 e. The van der Waals surface area contributed by atoms with E-state index in [4.69, 9.17) is 10.5 Å².